The summed E-state index contributed by atoms with van der Waals surface area (Å²) >= 11 is 0. The molecule has 0 radical (unpaired) electrons. The lowest BCUT2D eigenvalue weighted by molar-refractivity contribution is 0.282. The third kappa shape index (κ3) is 3.49. The summed E-state index contributed by atoms with van der Waals surface area (Å²) in [6, 6.07) is 20.3. The highest BCUT2D eigenvalue weighted by molar-refractivity contribution is 5.56. The molecule has 0 amide bonds. The molecule has 0 saturated carbocycles. The molecule has 2 aromatic carbocycles. The van der Waals surface area contributed by atoms with Crippen molar-refractivity contribution in [1.29, 1.82) is 0 Å². The summed E-state index contributed by atoms with van der Waals surface area (Å²) in [6.07, 6.45) is 0.909. The summed E-state index contributed by atoms with van der Waals surface area (Å²) in [4.78, 5) is 0. The van der Waals surface area contributed by atoms with Gasteiger partial charge in [-0.3, -0.25) is 0 Å². The number of ether oxygens (including phenoxy) is 1. The van der Waals surface area contributed by atoms with E-state index in [0.717, 1.165) is 17.7 Å². The van der Waals surface area contributed by atoms with Gasteiger partial charge in [-0.15, -0.1) is 0 Å². The van der Waals surface area contributed by atoms with Crippen LogP contribution in [0.4, 0.5) is 0 Å². The molecule has 1 heteroatoms. The van der Waals surface area contributed by atoms with Gasteiger partial charge in [0, 0.05) is 12.0 Å². The van der Waals surface area contributed by atoms with Crippen LogP contribution < -0.4 is 0 Å². The van der Waals surface area contributed by atoms with E-state index >= 15 is 0 Å². The topological polar surface area (TPSA) is 9.23 Å². The van der Waals surface area contributed by atoms with E-state index in [4.69, 9.17) is 4.74 Å². The molecule has 0 saturated heterocycles. The van der Waals surface area contributed by atoms with Gasteiger partial charge < -0.3 is 4.74 Å². The third-order valence-electron chi connectivity index (χ3n) is 2.61. The monoisotopic (exact) mass is 224 g/mol. The Hall–Kier alpha value is -2.02. The first-order valence-corrected chi connectivity index (χ1v) is 5.77. The van der Waals surface area contributed by atoms with Gasteiger partial charge in [-0.2, -0.15) is 0 Å². The molecule has 0 fully saturated rings. The van der Waals surface area contributed by atoms with Gasteiger partial charge in [-0.05, 0) is 5.56 Å². The fourth-order valence-electron chi connectivity index (χ4n) is 1.64. The average Bonchev–Trinajstić information content (AvgIpc) is 2.41. The summed E-state index contributed by atoms with van der Waals surface area (Å²) in [5.41, 5.74) is 2.33. The minimum atomic E-state index is 0.664. The lowest BCUT2D eigenvalue weighted by Crippen LogP contribution is -1.97. The number of hydrogen-bond donors (Lipinski definition) is 0. The van der Waals surface area contributed by atoms with Gasteiger partial charge in [0.2, 0.25) is 0 Å². The highest BCUT2D eigenvalue weighted by Crippen LogP contribution is 2.13. The molecule has 0 aliphatic carbocycles. The summed E-state index contributed by atoms with van der Waals surface area (Å²) in [7, 11) is 0. The predicted octanol–water partition coefficient (Wildman–Crippen LogP) is 3.92. The first-order valence-electron chi connectivity index (χ1n) is 5.77. The SMILES string of the molecule is C=C(OCCc1ccccc1)c1ccccc1. The first kappa shape index (κ1) is 11.5. The molecule has 0 unspecified atom stereocenters. The van der Waals surface area contributed by atoms with Crippen molar-refractivity contribution in [3.05, 3.63) is 78.4 Å². The quantitative estimate of drug-likeness (QED) is 0.699. The van der Waals surface area contributed by atoms with E-state index in [0.29, 0.717) is 6.61 Å². The van der Waals surface area contributed by atoms with Gasteiger partial charge in [0.05, 0.1) is 6.61 Å². The molecule has 0 atom stereocenters. The Bertz CT molecular complexity index is 459. The van der Waals surface area contributed by atoms with Crippen LogP contribution in [0.3, 0.4) is 0 Å². The van der Waals surface area contributed by atoms with E-state index in [1.807, 2.05) is 48.5 Å². The molecule has 2 aromatic rings. The molecule has 17 heavy (non-hydrogen) atoms. The van der Waals surface area contributed by atoms with Gasteiger partial charge in [0.25, 0.3) is 0 Å². The Morgan fingerprint density at radius 2 is 1.47 bits per heavy atom. The normalized spacial score (nSPS) is 9.88. The Morgan fingerprint density at radius 1 is 0.882 bits per heavy atom. The Balaban J connectivity index is 1.82. The van der Waals surface area contributed by atoms with Gasteiger partial charge in [0.15, 0.2) is 0 Å². The number of rotatable bonds is 5. The largest absolute Gasteiger partial charge is 0.493 e. The van der Waals surface area contributed by atoms with Gasteiger partial charge in [0.1, 0.15) is 5.76 Å². The Kier molecular flexibility index (Phi) is 3.98. The standard InChI is InChI=1S/C16H16O/c1-14(16-10-6-3-7-11-16)17-13-12-15-8-4-2-5-9-15/h2-11H,1,12-13H2. The summed E-state index contributed by atoms with van der Waals surface area (Å²) < 4.78 is 5.64. The molecule has 0 heterocycles. The molecular weight excluding hydrogens is 208 g/mol. The molecule has 2 rings (SSSR count). The zero-order valence-corrected chi connectivity index (χ0v) is 9.80. The van der Waals surface area contributed by atoms with Crippen LogP contribution in [0.2, 0.25) is 0 Å². The summed E-state index contributed by atoms with van der Waals surface area (Å²) in [5.74, 6) is 0.738. The van der Waals surface area contributed by atoms with Crippen molar-refractivity contribution in [2.45, 2.75) is 6.42 Å². The minimum absolute atomic E-state index is 0.664. The zero-order valence-electron chi connectivity index (χ0n) is 9.80. The highest BCUT2D eigenvalue weighted by atomic mass is 16.5. The van der Waals surface area contributed by atoms with Crippen LogP contribution in [-0.2, 0) is 11.2 Å². The van der Waals surface area contributed by atoms with E-state index in [9.17, 15) is 0 Å². The lowest BCUT2D eigenvalue weighted by Gasteiger charge is -2.09. The first-order chi connectivity index (χ1) is 8.36. The molecular formula is C16H16O. The number of benzene rings is 2. The second-order valence-corrected chi connectivity index (χ2v) is 3.87. The van der Waals surface area contributed by atoms with Crippen molar-refractivity contribution in [3.8, 4) is 0 Å². The smallest absolute Gasteiger partial charge is 0.119 e. The van der Waals surface area contributed by atoms with Crippen molar-refractivity contribution in [3.63, 3.8) is 0 Å². The van der Waals surface area contributed by atoms with Crippen molar-refractivity contribution >= 4 is 5.76 Å². The van der Waals surface area contributed by atoms with Crippen molar-refractivity contribution in [2.24, 2.45) is 0 Å². The van der Waals surface area contributed by atoms with Gasteiger partial charge in [-0.25, -0.2) is 0 Å². The molecule has 0 N–H and O–H groups in total. The zero-order chi connectivity index (χ0) is 11.9. The lowest BCUT2D eigenvalue weighted by atomic mass is 10.1. The van der Waals surface area contributed by atoms with Crippen LogP contribution in [0.1, 0.15) is 11.1 Å². The highest BCUT2D eigenvalue weighted by Gasteiger charge is 1.98. The fraction of sp³-hybridized carbons (Fsp3) is 0.125. The summed E-state index contributed by atoms with van der Waals surface area (Å²) in [5, 5.41) is 0. The maximum absolute atomic E-state index is 5.64. The van der Waals surface area contributed by atoms with Crippen LogP contribution in [-0.4, -0.2) is 6.61 Å². The maximum Gasteiger partial charge on any atom is 0.119 e. The number of hydrogen-bond acceptors (Lipinski definition) is 1. The molecule has 86 valence electrons. The van der Waals surface area contributed by atoms with E-state index < -0.39 is 0 Å². The van der Waals surface area contributed by atoms with E-state index in [2.05, 4.69) is 18.7 Å². The maximum atomic E-state index is 5.64. The molecule has 0 spiro atoms. The van der Waals surface area contributed by atoms with Crippen LogP contribution in [0.15, 0.2) is 67.2 Å². The molecule has 0 aliphatic heterocycles. The van der Waals surface area contributed by atoms with Crippen molar-refractivity contribution < 1.29 is 4.74 Å². The summed E-state index contributed by atoms with van der Waals surface area (Å²) in [6.45, 7) is 4.60. The van der Waals surface area contributed by atoms with Crippen LogP contribution >= 0.6 is 0 Å². The Morgan fingerprint density at radius 3 is 2.12 bits per heavy atom. The molecule has 1 nitrogen and oxygen atoms in total. The third-order valence-corrected chi connectivity index (χ3v) is 2.61. The van der Waals surface area contributed by atoms with Crippen molar-refractivity contribution in [2.75, 3.05) is 6.61 Å². The van der Waals surface area contributed by atoms with Crippen LogP contribution in [0.5, 0.6) is 0 Å². The van der Waals surface area contributed by atoms with E-state index in [1.54, 1.807) is 0 Å². The van der Waals surface area contributed by atoms with Crippen LogP contribution in [0.25, 0.3) is 5.76 Å². The van der Waals surface area contributed by atoms with Crippen molar-refractivity contribution in [1.82, 2.24) is 0 Å². The molecule has 0 bridgehead atoms. The minimum Gasteiger partial charge on any atom is -0.493 e. The molecule has 0 aliphatic rings. The Labute approximate surface area is 102 Å². The van der Waals surface area contributed by atoms with Gasteiger partial charge in [-0.1, -0.05) is 67.2 Å². The van der Waals surface area contributed by atoms with Crippen LogP contribution in [0, 0.1) is 0 Å². The van der Waals surface area contributed by atoms with Gasteiger partial charge >= 0.3 is 0 Å². The fourth-order valence-corrected chi connectivity index (χ4v) is 1.64. The van der Waals surface area contributed by atoms with E-state index in [1.165, 1.54) is 5.56 Å². The second kappa shape index (κ2) is 5.90. The van der Waals surface area contributed by atoms with E-state index in [-0.39, 0.29) is 0 Å². The second-order valence-electron chi connectivity index (χ2n) is 3.87. The average molecular weight is 224 g/mol. The molecule has 0 aromatic heterocycles. The predicted molar refractivity (Wildman–Crippen MR) is 71.6 cm³/mol.